The SMILES string of the molecule is CCCCCCCCNc1cc2nc[nH]c(=O)c2cc1N. The van der Waals surface area contributed by atoms with Gasteiger partial charge in [0.15, 0.2) is 0 Å². The molecule has 0 aliphatic rings. The van der Waals surface area contributed by atoms with E-state index in [0.29, 0.717) is 16.6 Å². The van der Waals surface area contributed by atoms with Crippen LogP contribution in [0.1, 0.15) is 45.4 Å². The van der Waals surface area contributed by atoms with Gasteiger partial charge in [0.1, 0.15) is 0 Å². The summed E-state index contributed by atoms with van der Waals surface area (Å²) in [5.41, 5.74) is 7.95. The van der Waals surface area contributed by atoms with Crippen LogP contribution in [-0.2, 0) is 0 Å². The quantitative estimate of drug-likeness (QED) is 0.514. The Balaban J connectivity index is 1.90. The zero-order valence-electron chi connectivity index (χ0n) is 12.6. The monoisotopic (exact) mass is 288 g/mol. The summed E-state index contributed by atoms with van der Waals surface area (Å²) >= 11 is 0. The lowest BCUT2D eigenvalue weighted by Crippen LogP contribution is -2.09. The molecule has 1 aromatic carbocycles. The Kier molecular flexibility index (Phi) is 5.60. The second-order valence-electron chi connectivity index (χ2n) is 5.38. The summed E-state index contributed by atoms with van der Waals surface area (Å²) in [6.45, 7) is 3.12. The largest absolute Gasteiger partial charge is 0.397 e. The average Bonchev–Trinajstić information content (AvgIpc) is 2.48. The van der Waals surface area contributed by atoms with Crippen molar-refractivity contribution in [2.45, 2.75) is 45.4 Å². The third-order valence-electron chi connectivity index (χ3n) is 3.66. The Bertz CT molecular complexity index is 636. The lowest BCUT2D eigenvalue weighted by Gasteiger charge is -2.10. The van der Waals surface area contributed by atoms with Gasteiger partial charge < -0.3 is 16.0 Å². The lowest BCUT2D eigenvalue weighted by molar-refractivity contribution is 0.617. The number of nitrogen functional groups attached to an aromatic ring is 1. The van der Waals surface area contributed by atoms with Gasteiger partial charge in [0.25, 0.3) is 5.56 Å². The second kappa shape index (κ2) is 7.67. The number of benzene rings is 1. The molecule has 0 aliphatic carbocycles. The first kappa shape index (κ1) is 15.4. The number of rotatable bonds is 8. The van der Waals surface area contributed by atoms with Crippen LogP contribution >= 0.6 is 0 Å². The number of fused-ring (bicyclic) bond motifs is 1. The normalized spacial score (nSPS) is 10.9. The highest BCUT2D eigenvalue weighted by Gasteiger charge is 2.05. The first-order valence-corrected chi connectivity index (χ1v) is 7.73. The third-order valence-corrected chi connectivity index (χ3v) is 3.66. The predicted molar refractivity (Wildman–Crippen MR) is 88.6 cm³/mol. The summed E-state index contributed by atoms with van der Waals surface area (Å²) < 4.78 is 0. The van der Waals surface area contributed by atoms with Crippen molar-refractivity contribution in [3.05, 3.63) is 28.8 Å². The van der Waals surface area contributed by atoms with E-state index in [9.17, 15) is 4.79 Å². The molecule has 1 heterocycles. The topological polar surface area (TPSA) is 83.8 Å². The lowest BCUT2D eigenvalue weighted by atomic mass is 10.1. The molecule has 1 aromatic heterocycles. The fourth-order valence-corrected chi connectivity index (χ4v) is 2.41. The van der Waals surface area contributed by atoms with Crippen LogP contribution in [-0.4, -0.2) is 16.5 Å². The van der Waals surface area contributed by atoms with Crippen molar-refractivity contribution in [1.82, 2.24) is 9.97 Å². The van der Waals surface area contributed by atoms with Crippen LogP contribution in [0.2, 0.25) is 0 Å². The highest BCUT2D eigenvalue weighted by molar-refractivity contribution is 5.88. The van der Waals surface area contributed by atoms with E-state index in [-0.39, 0.29) is 5.56 Å². The molecule has 0 atom stereocenters. The number of nitrogens with two attached hydrogens (primary N) is 1. The zero-order chi connectivity index (χ0) is 15.1. The summed E-state index contributed by atoms with van der Waals surface area (Å²) in [7, 11) is 0. The first-order chi connectivity index (χ1) is 10.2. The Hall–Kier alpha value is -2.04. The fraction of sp³-hybridized carbons (Fsp3) is 0.500. The molecule has 2 aromatic rings. The number of aromatic nitrogens is 2. The zero-order valence-corrected chi connectivity index (χ0v) is 12.6. The Labute approximate surface area is 125 Å². The third kappa shape index (κ3) is 4.21. The predicted octanol–water partition coefficient (Wildman–Crippen LogP) is 3.28. The van der Waals surface area contributed by atoms with Gasteiger partial charge in [-0.05, 0) is 18.6 Å². The molecule has 0 saturated carbocycles. The molecule has 0 spiro atoms. The van der Waals surface area contributed by atoms with E-state index in [4.69, 9.17) is 5.73 Å². The van der Waals surface area contributed by atoms with Crippen LogP contribution in [0.4, 0.5) is 11.4 Å². The van der Waals surface area contributed by atoms with Crippen LogP contribution in [0.15, 0.2) is 23.3 Å². The van der Waals surface area contributed by atoms with Gasteiger partial charge in [0.05, 0.1) is 28.6 Å². The number of hydrogen-bond donors (Lipinski definition) is 3. The molecule has 0 bridgehead atoms. The summed E-state index contributed by atoms with van der Waals surface area (Å²) in [5, 5.41) is 3.87. The van der Waals surface area contributed by atoms with Crippen molar-refractivity contribution in [3.63, 3.8) is 0 Å². The fourth-order valence-electron chi connectivity index (χ4n) is 2.41. The van der Waals surface area contributed by atoms with Crippen LogP contribution in [0.3, 0.4) is 0 Å². The molecule has 5 heteroatoms. The van der Waals surface area contributed by atoms with Crippen LogP contribution in [0, 0.1) is 0 Å². The van der Waals surface area contributed by atoms with Gasteiger partial charge in [-0.3, -0.25) is 4.79 Å². The van der Waals surface area contributed by atoms with E-state index in [1.807, 2.05) is 6.07 Å². The molecule has 5 nitrogen and oxygen atoms in total. The standard InChI is InChI=1S/C16H24N4O/c1-2-3-4-5-6-7-8-18-15-10-14-12(9-13(15)17)16(21)20-11-19-14/h9-11,18H,2-8,17H2,1H3,(H,19,20,21). The number of hydrogen-bond acceptors (Lipinski definition) is 4. The highest BCUT2D eigenvalue weighted by Crippen LogP contribution is 2.22. The average molecular weight is 288 g/mol. The summed E-state index contributed by atoms with van der Waals surface area (Å²) in [6.07, 6.45) is 8.99. The minimum Gasteiger partial charge on any atom is -0.397 e. The van der Waals surface area contributed by atoms with Gasteiger partial charge in [-0.1, -0.05) is 39.0 Å². The van der Waals surface area contributed by atoms with E-state index < -0.39 is 0 Å². The maximum atomic E-state index is 11.7. The van der Waals surface area contributed by atoms with Gasteiger partial charge in [0, 0.05) is 6.54 Å². The molecule has 0 amide bonds. The van der Waals surface area contributed by atoms with Gasteiger partial charge >= 0.3 is 0 Å². The van der Waals surface area contributed by atoms with Gasteiger partial charge in [0.2, 0.25) is 0 Å². The minimum absolute atomic E-state index is 0.158. The molecule has 0 saturated heterocycles. The van der Waals surface area contributed by atoms with Crippen molar-refractivity contribution in [3.8, 4) is 0 Å². The number of H-pyrrole nitrogens is 1. The minimum atomic E-state index is -0.158. The smallest absolute Gasteiger partial charge is 0.258 e. The van der Waals surface area contributed by atoms with Crippen LogP contribution < -0.4 is 16.6 Å². The van der Waals surface area contributed by atoms with Crippen molar-refractivity contribution < 1.29 is 0 Å². The molecular weight excluding hydrogens is 264 g/mol. The van der Waals surface area contributed by atoms with E-state index in [0.717, 1.165) is 18.7 Å². The number of anilines is 2. The van der Waals surface area contributed by atoms with Crippen molar-refractivity contribution in [2.75, 3.05) is 17.6 Å². The number of nitrogens with zero attached hydrogens (tertiary/aromatic N) is 1. The molecule has 0 aliphatic heterocycles. The summed E-state index contributed by atoms with van der Waals surface area (Å²) in [6, 6.07) is 3.53. The molecular formula is C16H24N4O. The number of unbranched alkanes of at least 4 members (excludes halogenated alkanes) is 5. The summed E-state index contributed by atoms with van der Waals surface area (Å²) in [4.78, 5) is 18.4. The number of nitrogens with one attached hydrogen (secondary N) is 2. The molecule has 2 rings (SSSR count). The molecule has 0 radical (unpaired) electrons. The van der Waals surface area contributed by atoms with Crippen LogP contribution in [0.5, 0.6) is 0 Å². The van der Waals surface area contributed by atoms with Gasteiger partial charge in [-0.25, -0.2) is 4.98 Å². The highest BCUT2D eigenvalue weighted by atomic mass is 16.1. The van der Waals surface area contributed by atoms with E-state index >= 15 is 0 Å². The first-order valence-electron chi connectivity index (χ1n) is 7.73. The number of aromatic amines is 1. The summed E-state index contributed by atoms with van der Waals surface area (Å²) in [5.74, 6) is 0. The Morgan fingerprint density at radius 3 is 2.76 bits per heavy atom. The van der Waals surface area contributed by atoms with Crippen molar-refractivity contribution >= 4 is 22.3 Å². The second-order valence-corrected chi connectivity index (χ2v) is 5.38. The molecule has 4 N–H and O–H groups in total. The molecule has 21 heavy (non-hydrogen) atoms. The van der Waals surface area contributed by atoms with Gasteiger partial charge in [-0.15, -0.1) is 0 Å². The van der Waals surface area contributed by atoms with Gasteiger partial charge in [-0.2, -0.15) is 0 Å². The maximum Gasteiger partial charge on any atom is 0.258 e. The van der Waals surface area contributed by atoms with E-state index in [1.54, 1.807) is 6.07 Å². The molecule has 0 fully saturated rings. The Morgan fingerprint density at radius 1 is 1.19 bits per heavy atom. The maximum absolute atomic E-state index is 11.7. The van der Waals surface area contributed by atoms with Crippen molar-refractivity contribution in [2.24, 2.45) is 0 Å². The molecule has 0 unspecified atom stereocenters. The van der Waals surface area contributed by atoms with E-state index in [2.05, 4.69) is 22.2 Å². The van der Waals surface area contributed by atoms with E-state index in [1.165, 1.54) is 38.4 Å². The van der Waals surface area contributed by atoms with Crippen LogP contribution in [0.25, 0.3) is 10.9 Å². The Morgan fingerprint density at radius 2 is 1.95 bits per heavy atom. The van der Waals surface area contributed by atoms with Crippen molar-refractivity contribution in [1.29, 1.82) is 0 Å². The molecule has 114 valence electrons.